The van der Waals surface area contributed by atoms with Crippen LogP contribution in [0.3, 0.4) is 0 Å². The third kappa shape index (κ3) is 2.59. The largest absolute Gasteiger partial charge is 0.366 e. The molecule has 0 amide bonds. The number of rotatable bonds is 2. The molecule has 0 saturated carbocycles. The summed E-state index contributed by atoms with van der Waals surface area (Å²) in [5.74, 6) is 0.858. The summed E-state index contributed by atoms with van der Waals surface area (Å²) >= 11 is 0. The molecule has 1 atom stereocenters. The van der Waals surface area contributed by atoms with Gasteiger partial charge in [0.2, 0.25) is 0 Å². The Morgan fingerprint density at radius 3 is 3.06 bits per heavy atom. The van der Waals surface area contributed by atoms with E-state index in [0.717, 1.165) is 37.4 Å². The van der Waals surface area contributed by atoms with Gasteiger partial charge in [-0.25, -0.2) is 0 Å². The van der Waals surface area contributed by atoms with Crippen molar-refractivity contribution in [3.05, 3.63) is 11.3 Å². The van der Waals surface area contributed by atoms with E-state index in [-0.39, 0.29) is 0 Å². The number of aryl methyl sites for hydroxylation is 2. The summed E-state index contributed by atoms with van der Waals surface area (Å²) in [5.41, 5.74) is 1.47. The van der Waals surface area contributed by atoms with Crippen LogP contribution in [-0.4, -0.2) is 28.9 Å². The van der Waals surface area contributed by atoms with Gasteiger partial charge in [0.1, 0.15) is 17.5 Å². The molecule has 2 N–H and O–H groups in total. The van der Waals surface area contributed by atoms with Crippen LogP contribution < -0.4 is 10.6 Å². The fourth-order valence-electron chi connectivity index (χ4n) is 2.31. The van der Waals surface area contributed by atoms with Crippen LogP contribution in [-0.2, 0) is 7.05 Å². The SMILES string of the molecule is Cc1nn(C)c(NC2CCCNCC2)c1C#N. The maximum atomic E-state index is 9.14. The first-order chi connectivity index (χ1) is 8.22. The van der Waals surface area contributed by atoms with Gasteiger partial charge in [0.05, 0.1) is 5.69 Å². The third-order valence-corrected chi connectivity index (χ3v) is 3.25. The van der Waals surface area contributed by atoms with Gasteiger partial charge >= 0.3 is 0 Å². The normalized spacial score (nSPS) is 20.6. The fourth-order valence-corrected chi connectivity index (χ4v) is 2.31. The van der Waals surface area contributed by atoms with Crippen molar-refractivity contribution in [1.29, 1.82) is 5.26 Å². The molecule has 0 aromatic carbocycles. The number of anilines is 1. The Kier molecular flexibility index (Phi) is 3.64. The number of nitrogens with one attached hydrogen (secondary N) is 2. The molecule has 2 rings (SSSR count). The molecule has 1 aliphatic rings. The zero-order valence-corrected chi connectivity index (χ0v) is 10.5. The van der Waals surface area contributed by atoms with Gasteiger partial charge in [0, 0.05) is 13.1 Å². The lowest BCUT2D eigenvalue weighted by Crippen LogP contribution is -2.23. The second kappa shape index (κ2) is 5.19. The lowest BCUT2D eigenvalue weighted by molar-refractivity contribution is 0.624. The standard InChI is InChI=1S/C12H19N5/c1-9-11(8-13)12(17(2)16-9)15-10-4-3-6-14-7-5-10/h10,14-15H,3-7H2,1-2H3. The van der Waals surface area contributed by atoms with Gasteiger partial charge in [-0.05, 0) is 39.3 Å². The highest BCUT2D eigenvalue weighted by molar-refractivity contribution is 5.55. The first-order valence-corrected chi connectivity index (χ1v) is 6.13. The summed E-state index contributed by atoms with van der Waals surface area (Å²) in [5, 5.41) is 20.3. The van der Waals surface area contributed by atoms with Gasteiger partial charge in [0.15, 0.2) is 0 Å². The number of hydrogen-bond acceptors (Lipinski definition) is 4. The Labute approximate surface area is 102 Å². The molecular weight excluding hydrogens is 214 g/mol. The second-order valence-corrected chi connectivity index (χ2v) is 4.57. The van der Waals surface area contributed by atoms with Gasteiger partial charge in [-0.3, -0.25) is 4.68 Å². The minimum atomic E-state index is 0.437. The molecule has 1 aromatic heterocycles. The van der Waals surface area contributed by atoms with E-state index in [9.17, 15) is 0 Å². The molecule has 2 heterocycles. The maximum Gasteiger partial charge on any atom is 0.142 e. The van der Waals surface area contributed by atoms with Crippen LogP contribution in [0.5, 0.6) is 0 Å². The van der Waals surface area contributed by atoms with Crippen molar-refractivity contribution in [3.63, 3.8) is 0 Å². The molecule has 1 unspecified atom stereocenters. The van der Waals surface area contributed by atoms with E-state index in [0.29, 0.717) is 11.6 Å². The van der Waals surface area contributed by atoms with E-state index in [1.807, 2.05) is 14.0 Å². The smallest absolute Gasteiger partial charge is 0.142 e. The summed E-state index contributed by atoms with van der Waals surface area (Å²) in [6.07, 6.45) is 3.41. The Balaban J connectivity index is 2.14. The quantitative estimate of drug-likeness (QED) is 0.804. The summed E-state index contributed by atoms with van der Waals surface area (Å²) < 4.78 is 1.77. The van der Waals surface area contributed by atoms with E-state index < -0.39 is 0 Å². The molecule has 5 nitrogen and oxygen atoms in total. The molecule has 92 valence electrons. The molecule has 1 fully saturated rings. The van der Waals surface area contributed by atoms with Crippen LogP contribution >= 0.6 is 0 Å². The Morgan fingerprint density at radius 1 is 1.47 bits per heavy atom. The molecule has 17 heavy (non-hydrogen) atoms. The van der Waals surface area contributed by atoms with Crippen LogP contribution in [0, 0.1) is 18.3 Å². The molecule has 1 aliphatic heterocycles. The molecular formula is C12H19N5. The van der Waals surface area contributed by atoms with Crippen molar-refractivity contribution in [2.24, 2.45) is 7.05 Å². The first kappa shape index (κ1) is 11.9. The maximum absolute atomic E-state index is 9.14. The highest BCUT2D eigenvalue weighted by Gasteiger charge is 2.17. The average Bonchev–Trinajstić information content (AvgIpc) is 2.50. The van der Waals surface area contributed by atoms with Gasteiger partial charge in [-0.1, -0.05) is 0 Å². The molecule has 1 aromatic rings. The van der Waals surface area contributed by atoms with Crippen LogP contribution in [0.15, 0.2) is 0 Å². The zero-order chi connectivity index (χ0) is 12.3. The van der Waals surface area contributed by atoms with Crippen molar-refractivity contribution in [2.45, 2.75) is 32.2 Å². The summed E-state index contributed by atoms with van der Waals surface area (Å²) in [7, 11) is 1.88. The monoisotopic (exact) mass is 233 g/mol. The van der Waals surface area contributed by atoms with E-state index in [1.54, 1.807) is 4.68 Å². The van der Waals surface area contributed by atoms with Crippen molar-refractivity contribution in [1.82, 2.24) is 15.1 Å². The minimum Gasteiger partial charge on any atom is -0.366 e. The van der Waals surface area contributed by atoms with Gasteiger partial charge in [-0.2, -0.15) is 10.4 Å². The van der Waals surface area contributed by atoms with E-state index in [1.165, 1.54) is 6.42 Å². The zero-order valence-electron chi connectivity index (χ0n) is 10.5. The molecule has 0 bridgehead atoms. The fraction of sp³-hybridized carbons (Fsp3) is 0.667. The minimum absolute atomic E-state index is 0.437. The molecule has 0 aliphatic carbocycles. The highest BCUT2D eigenvalue weighted by Crippen LogP contribution is 2.20. The predicted octanol–water partition coefficient (Wildman–Crippen LogP) is 1.15. The molecule has 1 saturated heterocycles. The summed E-state index contributed by atoms with van der Waals surface area (Å²) in [6, 6.07) is 2.67. The topological polar surface area (TPSA) is 65.7 Å². The number of nitriles is 1. The third-order valence-electron chi connectivity index (χ3n) is 3.25. The van der Waals surface area contributed by atoms with E-state index >= 15 is 0 Å². The Morgan fingerprint density at radius 2 is 2.29 bits per heavy atom. The van der Waals surface area contributed by atoms with Crippen molar-refractivity contribution >= 4 is 5.82 Å². The van der Waals surface area contributed by atoms with Crippen molar-refractivity contribution in [3.8, 4) is 6.07 Å². The summed E-state index contributed by atoms with van der Waals surface area (Å²) in [4.78, 5) is 0. The van der Waals surface area contributed by atoms with Gasteiger partial charge in [-0.15, -0.1) is 0 Å². The van der Waals surface area contributed by atoms with Crippen molar-refractivity contribution < 1.29 is 0 Å². The number of nitrogens with zero attached hydrogens (tertiary/aromatic N) is 3. The second-order valence-electron chi connectivity index (χ2n) is 4.57. The Hall–Kier alpha value is -1.54. The lowest BCUT2D eigenvalue weighted by Gasteiger charge is -2.17. The predicted molar refractivity (Wildman–Crippen MR) is 66.8 cm³/mol. The molecule has 5 heteroatoms. The average molecular weight is 233 g/mol. The van der Waals surface area contributed by atoms with Crippen LogP contribution in [0.25, 0.3) is 0 Å². The van der Waals surface area contributed by atoms with Crippen LogP contribution in [0.2, 0.25) is 0 Å². The lowest BCUT2D eigenvalue weighted by atomic mass is 10.1. The molecule has 0 spiro atoms. The highest BCUT2D eigenvalue weighted by atomic mass is 15.3. The van der Waals surface area contributed by atoms with Crippen LogP contribution in [0.4, 0.5) is 5.82 Å². The van der Waals surface area contributed by atoms with Crippen LogP contribution in [0.1, 0.15) is 30.5 Å². The Bertz CT molecular complexity index is 421. The van der Waals surface area contributed by atoms with Gasteiger partial charge in [0.25, 0.3) is 0 Å². The first-order valence-electron chi connectivity index (χ1n) is 6.13. The number of aromatic nitrogens is 2. The van der Waals surface area contributed by atoms with E-state index in [4.69, 9.17) is 5.26 Å². The number of hydrogen-bond donors (Lipinski definition) is 2. The molecule has 0 radical (unpaired) electrons. The van der Waals surface area contributed by atoms with E-state index in [2.05, 4.69) is 21.8 Å². The summed E-state index contributed by atoms with van der Waals surface area (Å²) in [6.45, 7) is 4.00. The van der Waals surface area contributed by atoms with Gasteiger partial charge < -0.3 is 10.6 Å². The van der Waals surface area contributed by atoms with Crippen molar-refractivity contribution in [2.75, 3.05) is 18.4 Å².